The first-order valence-corrected chi connectivity index (χ1v) is 6.73. The number of carbonyl (C=O) groups is 1. The highest BCUT2D eigenvalue weighted by atomic mass is 35.5. The highest BCUT2D eigenvalue weighted by molar-refractivity contribution is 6.35. The number of halogens is 2. The molecule has 1 aromatic rings. The number of nitrogens with one attached hydrogen (secondary N) is 2. The van der Waals surface area contributed by atoms with Crippen molar-refractivity contribution >= 4 is 29.1 Å². The van der Waals surface area contributed by atoms with E-state index in [0.29, 0.717) is 23.0 Å². The highest BCUT2D eigenvalue weighted by Crippen LogP contribution is 2.27. The van der Waals surface area contributed by atoms with E-state index >= 15 is 0 Å². The van der Waals surface area contributed by atoms with E-state index in [1.54, 1.807) is 13.1 Å². The van der Waals surface area contributed by atoms with Crippen molar-refractivity contribution in [3.8, 4) is 0 Å². The summed E-state index contributed by atoms with van der Waals surface area (Å²) in [6.07, 6.45) is 1.35. The van der Waals surface area contributed by atoms with Crippen LogP contribution < -0.4 is 10.6 Å². The second-order valence-corrected chi connectivity index (χ2v) is 4.85. The van der Waals surface area contributed by atoms with Gasteiger partial charge in [-0.2, -0.15) is 0 Å². The number of amides is 1. The van der Waals surface area contributed by atoms with Crippen molar-refractivity contribution in [2.75, 3.05) is 13.6 Å². The molecule has 1 amide bonds. The monoisotopic (exact) mass is 288 g/mol. The zero-order valence-corrected chi connectivity index (χ0v) is 12.1. The minimum absolute atomic E-state index is 0.0274. The number of benzene rings is 1. The van der Waals surface area contributed by atoms with Gasteiger partial charge in [0.1, 0.15) is 0 Å². The predicted molar refractivity (Wildman–Crippen MR) is 76.2 cm³/mol. The van der Waals surface area contributed by atoms with Crippen LogP contribution in [0.5, 0.6) is 0 Å². The minimum atomic E-state index is 0.0274. The van der Waals surface area contributed by atoms with Gasteiger partial charge in [-0.25, -0.2) is 0 Å². The minimum Gasteiger partial charge on any atom is -0.359 e. The highest BCUT2D eigenvalue weighted by Gasteiger charge is 2.12. The molecule has 3 nitrogen and oxygen atoms in total. The molecule has 0 saturated heterocycles. The fourth-order valence-electron chi connectivity index (χ4n) is 1.74. The molecule has 0 aliphatic heterocycles. The van der Waals surface area contributed by atoms with Gasteiger partial charge in [0.2, 0.25) is 5.91 Å². The predicted octanol–water partition coefficient (Wildman–Crippen LogP) is 3.17. The largest absolute Gasteiger partial charge is 0.359 e. The van der Waals surface area contributed by atoms with E-state index < -0.39 is 0 Å². The molecule has 0 bridgehead atoms. The van der Waals surface area contributed by atoms with Crippen LogP contribution in [0.2, 0.25) is 10.0 Å². The molecule has 100 valence electrons. The average Bonchev–Trinajstić information content (AvgIpc) is 2.35. The Balaban J connectivity index is 2.62. The van der Waals surface area contributed by atoms with Crippen LogP contribution in [0.1, 0.15) is 31.4 Å². The van der Waals surface area contributed by atoms with E-state index in [1.165, 1.54) is 0 Å². The van der Waals surface area contributed by atoms with Gasteiger partial charge >= 0.3 is 0 Å². The summed E-state index contributed by atoms with van der Waals surface area (Å²) in [6, 6.07) is 5.62. The zero-order chi connectivity index (χ0) is 13.5. The van der Waals surface area contributed by atoms with Gasteiger partial charge in [0.25, 0.3) is 0 Å². The summed E-state index contributed by atoms with van der Waals surface area (Å²) < 4.78 is 0. The molecular weight excluding hydrogens is 271 g/mol. The first kappa shape index (κ1) is 15.3. The Bertz CT molecular complexity index is 410. The van der Waals surface area contributed by atoms with Gasteiger partial charge in [-0.1, -0.05) is 36.2 Å². The Labute approximate surface area is 118 Å². The summed E-state index contributed by atoms with van der Waals surface area (Å²) in [5.41, 5.74) is 1.01. The van der Waals surface area contributed by atoms with Gasteiger partial charge < -0.3 is 10.6 Å². The molecular formula is C13H18Cl2N2O. The van der Waals surface area contributed by atoms with E-state index in [1.807, 2.05) is 12.1 Å². The first-order chi connectivity index (χ1) is 8.58. The molecule has 1 aromatic carbocycles. The van der Waals surface area contributed by atoms with Crippen molar-refractivity contribution in [1.29, 1.82) is 0 Å². The standard InChI is InChI=1S/C13H18Cl2N2O/c1-3-12(17-7-6-13(18)16-2)10-5-4-9(14)8-11(10)15/h4-5,8,12,17H,3,6-7H2,1-2H3,(H,16,18). The maximum absolute atomic E-state index is 11.1. The molecule has 0 aliphatic rings. The van der Waals surface area contributed by atoms with Crippen molar-refractivity contribution in [3.63, 3.8) is 0 Å². The lowest BCUT2D eigenvalue weighted by atomic mass is 10.0. The van der Waals surface area contributed by atoms with E-state index in [-0.39, 0.29) is 11.9 Å². The van der Waals surface area contributed by atoms with Crippen LogP contribution in [0.4, 0.5) is 0 Å². The van der Waals surface area contributed by atoms with Gasteiger partial charge in [-0.05, 0) is 24.1 Å². The lowest BCUT2D eigenvalue weighted by Gasteiger charge is -2.18. The summed E-state index contributed by atoms with van der Waals surface area (Å²) in [7, 11) is 1.63. The Kier molecular flexibility index (Phi) is 6.47. The molecule has 1 rings (SSSR count). The van der Waals surface area contributed by atoms with Crippen molar-refractivity contribution in [3.05, 3.63) is 33.8 Å². The maximum Gasteiger partial charge on any atom is 0.221 e. The summed E-state index contributed by atoms with van der Waals surface area (Å²) in [5.74, 6) is 0.0274. The van der Waals surface area contributed by atoms with Crippen LogP contribution in [0, 0.1) is 0 Å². The second-order valence-electron chi connectivity index (χ2n) is 4.00. The maximum atomic E-state index is 11.1. The van der Waals surface area contributed by atoms with Crippen LogP contribution in [0.3, 0.4) is 0 Å². The third-order valence-corrected chi connectivity index (χ3v) is 3.33. The summed E-state index contributed by atoms with van der Waals surface area (Å²) >= 11 is 12.0. The van der Waals surface area contributed by atoms with Crippen molar-refractivity contribution in [2.24, 2.45) is 0 Å². The molecule has 0 fully saturated rings. The van der Waals surface area contributed by atoms with E-state index in [4.69, 9.17) is 23.2 Å². The molecule has 0 aliphatic carbocycles. The quantitative estimate of drug-likeness (QED) is 0.844. The van der Waals surface area contributed by atoms with Gasteiger partial charge in [0.05, 0.1) is 0 Å². The fraction of sp³-hybridized carbons (Fsp3) is 0.462. The SMILES string of the molecule is CCC(NCCC(=O)NC)c1ccc(Cl)cc1Cl. The van der Waals surface area contributed by atoms with Crippen LogP contribution in [-0.4, -0.2) is 19.5 Å². The van der Waals surface area contributed by atoms with E-state index in [2.05, 4.69) is 17.6 Å². The zero-order valence-electron chi connectivity index (χ0n) is 10.6. The Hall–Kier alpha value is -0.770. The average molecular weight is 289 g/mol. The second kappa shape index (κ2) is 7.62. The lowest BCUT2D eigenvalue weighted by Crippen LogP contribution is -2.27. The summed E-state index contributed by atoms with van der Waals surface area (Å²) in [6.45, 7) is 2.69. The molecule has 0 radical (unpaired) electrons. The van der Waals surface area contributed by atoms with Gasteiger partial charge in [-0.3, -0.25) is 4.79 Å². The molecule has 1 atom stereocenters. The van der Waals surface area contributed by atoms with E-state index in [9.17, 15) is 4.79 Å². The first-order valence-electron chi connectivity index (χ1n) is 5.97. The normalized spacial score (nSPS) is 12.2. The number of rotatable bonds is 6. The van der Waals surface area contributed by atoms with Crippen molar-refractivity contribution < 1.29 is 4.79 Å². The summed E-state index contributed by atoms with van der Waals surface area (Å²) in [5, 5.41) is 7.20. The third-order valence-electron chi connectivity index (χ3n) is 2.77. The Morgan fingerprint density at radius 3 is 2.67 bits per heavy atom. The molecule has 1 unspecified atom stereocenters. The molecule has 5 heteroatoms. The molecule has 0 heterocycles. The number of hydrogen-bond donors (Lipinski definition) is 2. The molecule has 0 aromatic heterocycles. The topological polar surface area (TPSA) is 41.1 Å². The van der Waals surface area contributed by atoms with Crippen molar-refractivity contribution in [1.82, 2.24) is 10.6 Å². The van der Waals surface area contributed by atoms with Crippen LogP contribution >= 0.6 is 23.2 Å². The fourth-order valence-corrected chi connectivity index (χ4v) is 2.28. The Morgan fingerprint density at radius 1 is 1.39 bits per heavy atom. The smallest absolute Gasteiger partial charge is 0.221 e. The summed E-state index contributed by atoms with van der Waals surface area (Å²) in [4.78, 5) is 11.1. The molecule has 0 spiro atoms. The van der Waals surface area contributed by atoms with Crippen LogP contribution in [0.25, 0.3) is 0 Å². The van der Waals surface area contributed by atoms with Crippen LogP contribution in [0.15, 0.2) is 18.2 Å². The number of hydrogen-bond acceptors (Lipinski definition) is 2. The Morgan fingerprint density at radius 2 is 2.11 bits per heavy atom. The van der Waals surface area contributed by atoms with Gasteiger partial charge in [-0.15, -0.1) is 0 Å². The van der Waals surface area contributed by atoms with Gasteiger partial charge in [0.15, 0.2) is 0 Å². The third kappa shape index (κ3) is 4.48. The van der Waals surface area contributed by atoms with E-state index in [0.717, 1.165) is 12.0 Å². The molecule has 2 N–H and O–H groups in total. The van der Waals surface area contributed by atoms with Crippen molar-refractivity contribution in [2.45, 2.75) is 25.8 Å². The number of carbonyl (C=O) groups excluding carboxylic acids is 1. The van der Waals surface area contributed by atoms with Gasteiger partial charge in [0, 0.05) is 36.1 Å². The van der Waals surface area contributed by atoms with Crippen LogP contribution in [-0.2, 0) is 4.79 Å². The lowest BCUT2D eigenvalue weighted by molar-refractivity contribution is -0.120. The molecule has 0 saturated carbocycles. The molecule has 18 heavy (non-hydrogen) atoms.